The van der Waals surface area contributed by atoms with Crippen LogP contribution in [-0.2, 0) is 11.4 Å². The van der Waals surface area contributed by atoms with Crippen molar-refractivity contribution < 1.29 is 19.4 Å². The van der Waals surface area contributed by atoms with E-state index in [0.717, 1.165) is 50.9 Å². The van der Waals surface area contributed by atoms with E-state index in [1.165, 1.54) is 50.3 Å². The van der Waals surface area contributed by atoms with Gasteiger partial charge in [-0.2, -0.15) is 0 Å². The number of amidine groups is 1. The van der Waals surface area contributed by atoms with Gasteiger partial charge in [0.2, 0.25) is 0 Å². The van der Waals surface area contributed by atoms with E-state index in [9.17, 15) is 9.59 Å². The van der Waals surface area contributed by atoms with Crippen LogP contribution in [0.3, 0.4) is 0 Å². The summed E-state index contributed by atoms with van der Waals surface area (Å²) in [5, 5.41) is 9.98. The quantitative estimate of drug-likeness (QED) is 0.298. The number of carboxylic acid groups (broad SMARTS) is 1. The molecule has 5 rings (SSSR count). The Labute approximate surface area is 250 Å². The summed E-state index contributed by atoms with van der Waals surface area (Å²) in [6.45, 7) is 0.295. The minimum atomic E-state index is -0.953. The fourth-order valence-corrected chi connectivity index (χ4v) is 8.02. The average molecular weight is 676 g/mol. The summed E-state index contributed by atoms with van der Waals surface area (Å²) in [5.74, 6) is -0.238. The fraction of sp³-hybridized carbons (Fsp3) is 0.433. The Morgan fingerprint density at radius 3 is 2.23 bits per heavy atom. The predicted molar refractivity (Wildman–Crippen MR) is 163 cm³/mol. The van der Waals surface area contributed by atoms with Gasteiger partial charge in [0.25, 0.3) is 5.91 Å². The van der Waals surface area contributed by atoms with Gasteiger partial charge in [-0.15, -0.1) is 0 Å². The first-order valence-corrected chi connectivity index (χ1v) is 16.0. The summed E-state index contributed by atoms with van der Waals surface area (Å²) in [6, 6.07) is 11.1. The number of hydrogen-bond donors (Lipinski definition) is 1. The lowest BCUT2D eigenvalue weighted by molar-refractivity contribution is -0.124. The van der Waals surface area contributed by atoms with Gasteiger partial charge in [0.15, 0.2) is 5.17 Å². The van der Waals surface area contributed by atoms with Crippen molar-refractivity contribution in [2.45, 2.75) is 82.9 Å². The van der Waals surface area contributed by atoms with E-state index in [2.05, 4.69) is 31.9 Å². The van der Waals surface area contributed by atoms with Crippen LogP contribution in [-0.4, -0.2) is 39.1 Å². The molecule has 0 aromatic heterocycles. The van der Waals surface area contributed by atoms with Gasteiger partial charge in [-0.1, -0.05) is 50.7 Å². The molecule has 3 aliphatic rings. The molecule has 1 N–H and O–H groups in total. The monoisotopic (exact) mass is 674 g/mol. The van der Waals surface area contributed by atoms with Gasteiger partial charge in [-0.3, -0.25) is 14.7 Å². The Bertz CT molecular complexity index is 1260. The molecule has 0 radical (unpaired) electrons. The highest BCUT2D eigenvalue weighted by molar-refractivity contribution is 9.11. The van der Waals surface area contributed by atoms with Gasteiger partial charge in [-0.25, -0.2) is 4.79 Å². The molecule has 1 heterocycles. The first kappa shape index (κ1) is 28.4. The second-order valence-corrected chi connectivity index (χ2v) is 13.1. The number of aromatic carboxylic acids is 1. The summed E-state index contributed by atoms with van der Waals surface area (Å²) < 4.78 is 7.57. The summed E-state index contributed by atoms with van der Waals surface area (Å²) in [7, 11) is 0. The fourth-order valence-electron chi connectivity index (χ4n) is 5.46. The Balaban J connectivity index is 1.34. The van der Waals surface area contributed by atoms with Gasteiger partial charge in [0.05, 0.1) is 25.5 Å². The number of aliphatic imine (C=N–C) groups is 1. The van der Waals surface area contributed by atoms with Crippen molar-refractivity contribution in [1.82, 2.24) is 4.90 Å². The summed E-state index contributed by atoms with van der Waals surface area (Å²) in [4.78, 5) is 32.6. The van der Waals surface area contributed by atoms with Crippen LogP contribution in [0.1, 0.15) is 85.7 Å². The number of halogens is 2. The number of amides is 1. The predicted octanol–water partition coefficient (Wildman–Crippen LogP) is 8.43. The zero-order valence-corrected chi connectivity index (χ0v) is 25.7. The van der Waals surface area contributed by atoms with Crippen LogP contribution in [0, 0.1) is 0 Å². The van der Waals surface area contributed by atoms with E-state index < -0.39 is 5.97 Å². The number of nitrogens with zero attached hydrogens (tertiary/aromatic N) is 2. The van der Waals surface area contributed by atoms with Crippen LogP contribution in [0.15, 0.2) is 55.2 Å². The molecule has 2 aliphatic carbocycles. The van der Waals surface area contributed by atoms with E-state index in [1.807, 2.05) is 23.1 Å². The minimum absolute atomic E-state index is 0.0684. The van der Waals surface area contributed by atoms with E-state index in [0.29, 0.717) is 23.3 Å². The largest absolute Gasteiger partial charge is 0.487 e. The third-order valence-corrected chi connectivity index (χ3v) is 9.72. The molecule has 1 aliphatic heterocycles. The molecule has 2 aromatic rings. The highest BCUT2D eigenvalue weighted by atomic mass is 79.9. The standard InChI is InChI=1S/C30H32Br2N2O4S/c31-24-15-20(16-25(32)27(24)38-18-19-11-13-21(14-12-19)29(36)37)17-26-28(35)34(23-9-5-2-6-10-23)30(39-26)33-22-7-3-1-4-8-22/h11-17,22-23H,1-10,18H2,(H,36,37). The van der Waals surface area contributed by atoms with Gasteiger partial charge >= 0.3 is 5.97 Å². The molecule has 206 valence electrons. The number of thioether (sulfide) groups is 1. The highest BCUT2D eigenvalue weighted by Gasteiger charge is 2.39. The van der Waals surface area contributed by atoms with E-state index >= 15 is 0 Å². The number of carbonyl (C=O) groups is 2. The number of ether oxygens (including phenoxy) is 1. The van der Waals surface area contributed by atoms with Crippen molar-refractivity contribution in [2.24, 2.45) is 4.99 Å². The van der Waals surface area contributed by atoms with E-state index in [1.54, 1.807) is 24.3 Å². The second kappa shape index (κ2) is 13.0. The van der Waals surface area contributed by atoms with Gasteiger partial charge in [0, 0.05) is 6.04 Å². The normalized spacial score (nSPS) is 21.2. The van der Waals surface area contributed by atoms with Crippen LogP contribution >= 0.6 is 43.6 Å². The van der Waals surface area contributed by atoms with Crippen molar-refractivity contribution >= 4 is 66.7 Å². The lowest BCUT2D eigenvalue weighted by Gasteiger charge is -2.31. The molecule has 2 aromatic carbocycles. The van der Waals surface area contributed by atoms with E-state index in [-0.39, 0.29) is 17.5 Å². The van der Waals surface area contributed by atoms with E-state index in [4.69, 9.17) is 14.8 Å². The first-order chi connectivity index (χ1) is 18.9. The SMILES string of the molecule is O=C(O)c1ccc(COc2c(Br)cc(C=C3SC(=NC4CCCCC4)N(C4CCCCC4)C3=O)cc2Br)cc1. The Morgan fingerprint density at radius 2 is 1.62 bits per heavy atom. The first-order valence-electron chi connectivity index (χ1n) is 13.6. The zero-order chi connectivity index (χ0) is 27.4. The van der Waals surface area contributed by atoms with Crippen molar-refractivity contribution in [3.8, 4) is 5.75 Å². The third kappa shape index (κ3) is 6.98. The molecule has 39 heavy (non-hydrogen) atoms. The van der Waals surface area contributed by atoms with Gasteiger partial charge in [0.1, 0.15) is 12.4 Å². The lowest BCUT2D eigenvalue weighted by Crippen LogP contribution is -2.41. The maximum absolute atomic E-state index is 13.7. The lowest BCUT2D eigenvalue weighted by atomic mass is 9.94. The minimum Gasteiger partial charge on any atom is -0.487 e. The number of carboxylic acids is 1. The van der Waals surface area contributed by atoms with Crippen molar-refractivity contribution in [3.05, 3.63) is 66.9 Å². The molecule has 0 spiro atoms. The highest BCUT2D eigenvalue weighted by Crippen LogP contribution is 2.40. The topological polar surface area (TPSA) is 79.2 Å². The summed E-state index contributed by atoms with van der Waals surface area (Å²) in [5.41, 5.74) is 2.00. The van der Waals surface area contributed by atoms with Crippen molar-refractivity contribution in [2.75, 3.05) is 0 Å². The Kier molecular flexibility index (Phi) is 9.51. The molecule has 0 bridgehead atoms. The molecule has 6 nitrogen and oxygen atoms in total. The number of hydrogen-bond acceptors (Lipinski definition) is 5. The van der Waals surface area contributed by atoms with Crippen LogP contribution in [0.4, 0.5) is 0 Å². The van der Waals surface area contributed by atoms with Crippen molar-refractivity contribution in [1.29, 1.82) is 0 Å². The number of rotatable bonds is 7. The molecule has 0 atom stereocenters. The van der Waals surface area contributed by atoms with Crippen LogP contribution < -0.4 is 4.74 Å². The van der Waals surface area contributed by atoms with Gasteiger partial charge in [-0.05, 0) is 111 Å². The molecule has 2 saturated carbocycles. The molecule has 1 amide bonds. The Morgan fingerprint density at radius 1 is 1.00 bits per heavy atom. The van der Waals surface area contributed by atoms with Crippen LogP contribution in [0.2, 0.25) is 0 Å². The maximum Gasteiger partial charge on any atom is 0.335 e. The smallest absolute Gasteiger partial charge is 0.335 e. The van der Waals surface area contributed by atoms with Crippen molar-refractivity contribution in [3.63, 3.8) is 0 Å². The maximum atomic E-state index is 13.7. The molecule has 3 fully saturated rings. The second-order valence-electron chi connectivity index (χ2n) is 10.4. The zero-order valence-electron chi connectivity index (χ0n) is 21.7. The van der Waals surface area contributed by atoms with Gasteiger partial charge < -0.3 is 9.84 Å². The van der Waals surface area contributed by atoms with Crippen LogP contribution in [0.5, 0.6) is 5.75 Å². The number of benzene rings is 2. The third-order valence-electron chi connectivity index (χ3n) is 7.55. The molecule has 9 heteroatoms. The summed E-state index contributed by atoms with van der Waals surface area (Å²) in [6.07, 6.45) is 13.6. The molecular formula is C30H32Br2N2O4S. The molecule has 1 saturated heterocycles. The Hall–Kier alpha value is -2.10. The number of carbonyl (C=O) groups excluding carboxylic acids is 1. The summed E-state index contributed by atoms with van der Waals surface area (Å²) >= 11 is 8.78. The average Bonchev–Trinajstić information content (AvgIpc) is 3.23. The van der Waals surface area contributed by atoms with Crippen LogP contribution in [0.25, 0.3) is 6.08 Å². The molecular weight excluding hydrogens is 644 g/mol. The molecule has 0 unspecified atom stereocenters.